The number of nitrogens with one attached hydrogen (secondary N) is 1. The molecular formula is C12H19N3. The van der Waals surface area contributed by atoms with Gasteiger partial charge in [-0.3, -0.25) is 9.88 Å². The van der Waals surface area contributed by atoms with E-state index in [1.165, 1.54) is 5.56 Å². The fraction of sp³-hybridized carbons (Fsp3) is 0.583. The van der Waals surface area contributed by atoms with Gasteiger partial charge in [0.1, 0.15) is 0 Å². The molecule has 2 heterocycles. The fourth-order valence-corrected chi connectivity index (χ4v) is 2.02. The molecule has 1 fully saturated rings. The zero-order valence-electron chi connectivity index (χ0n) is 9.53. The van der Waals surface area contributed by atoms with Crippen LogP contribution in [-0.4, -0.2) is 35.6 Å². The van der Waals surface area contributed by atoms with E-state index < -0.39 is 0 Å². The summed E-state index contributed by atoms with van der Waals surface area (Å²) < 4.78 is 0. The summed E-state index contributed by atoms with van der Waals surface area (Å²) >= 11 is 0. The summed E-state index contributed by atoms with van der Waals surface area (Å²) in [5.74, 6) is 0. The van der Waals surface area contributed by atoms with Crippen molar-refractivity contribution in [2.45, 2.75) is 26.4 Å². The normalized spacial score (nSPS) is 22.9. The smallest absolute Gasteiger partial charge is 0.0417 e. The van der Waals surface area contributed by atoms with Gasteiger partial charge in [-0.05, 0) is 25.5 Å². The summed E-state index contributed by atoms with van der Waals surface area (Å²) in [7, 11) is 0. The fourth-order valence-electron chi connectivity index (χ4n) is 2.02. The minimum Gasteiger partial charge on any atom is -0.314 e. The number of piperazine rings is 1. The van der Waals surface area contributed by atoms with E-state index in [1.54, 1.807) is 0 Å². The molecule has 1 aliphatic heterocycles. The lowest BCUT2D eigenvalue weighted by Crippen LogP contribution is -2.49. The van der Waals surface area contributed by atoms with Gasteiger partial charge in [0.2, 0.25) is 0 Å². The van der Waals surface area contributed by atoms with Gasteiger partial charge in [-0.2, -0.15) is 0 Å². The van der Waals surface area contributed by atoms with Crippen LogP contribution in [0.25, 0.3) is 0 Å². The van der Waals surface area contributed by atoms with Gasteiger partial charge in [-0.15, -0.1) is 0 Å². The maximum absolute atomic E-state index is 4.33. The molecule has 3 nitrogen and oxygen atoms in total. The zero-order valence-corrected chi connectivity index (χ0v) is 9.53. The van der Waals surface area contributed by atoms with Crippen molar-refractivity contribution in [3.05, 3.63) is 29.6 Å². The third kappa shape index (κ3) is 2.55. The van der Waals surface area contributed by atoms with Crippen molar-refractivity contribution in [2.24, 2.45) is 0 Å². The predicted molar refractivity (Wildman–Crippen MR) is 61.7 cm³/mol. The Balaban J connectivity index is 2.04. The van der Waals surface area contributed by atoms with Crippen LogP contribution in [0, 0.1) is 6.92 Å². The van der Waals surface area contributed by atoms with E-state index in [4.69, 9.17) is 0 Å². The van der Waals surface area contributed by atoms with Gasteiger partial charge in [0.25, 0.3) is 0 Å². The Morgan fingerprint density at radius 1 is 1.60 bits per heavy atom. The summed E-state index contributed by atoms with van der Waals surface area (Å²) in [6, 6.07) is 4.82. The Hall–Kier alpha value is -0.930. The largest absolute Gasteiger partial charge is 0.314 e. The van der Waals surface area contributed by atoms with E-state index in [9.17, 15) is 0 Å². The molecule has 0 radical (unpaired) electrons. The Morgan fingerprint density at radius 3 is 3.20 bits per heavy atom. The first-order chi connectivity index (χ1) is 7.27. The molecular weight excluding hydrogens is 186 g/mol. The summed E-state index contributed by atoms with van der Waals surface area (Å²) in [5.41, 5.74) is 2.51. The highest BCUT2D eigenvalue weighted by Gasteiger charge is 2.18. The van der Waals surface area contributed by atoms with E-state index >= 15 is 0 Å². The van der Waals surface area contributed by atoms with E-state index in [0.29, 0.717) is 6.04 Å². The number of aryl methyl sites for hydroxylation is 1. The third-order valence-electron chi connectivity index (χ3n) is 3.13. The Kier molecular flexibility index (Phi) is 3.34. The Labute approximate surface area is 91.5 Å². The molecule has 2 rings (SSSR count). The molecule has 15 heavy (non-hydrogen) atoms. The standard InChI is InChI=1S/C12H19N3/c1-10-8-13-6-7-15(10)9-12-4-3-5-14-11(12)2/h3-5,10,13H,6-9H2,1-2H3. The number of hydrogen-bond donors (Lipinski definition) is 1. The molecule has 1 saturated heterocycles. The average Bonchev–Trinajstić information content (AvgIpc) is 2.24. The van der Waals surface area contributed by atoms with Gasteiger partial charge in [0.15, 0.2) is 0 Å². The van der Waals surface area contributed by atoms with Crippen molar-refractivity contribution in [1.82, 2.24) is 15.2 Å². The minimum atomic E-state index is 0.623. The molecule has 0 aliphatic carbocycles. The first-order valence-corrected chi connectivity index (χ1v) is 5.62. The quantitative estimate of drug-likeness (QED) is 0.786. The summed E-state index contributed by atoms with van der Waals surface area (Å²) in [5, 5.41) is 3.41. The van der Waals surface area contributed by atoms with Crippen LogP contribution in [0.5, 0.6) is 0 Å². The minimum absolute atomic E-state index is 0.623. The third-order valence-corrected chi connectivity index (χ3v) is 3.13. The summed E-state index contributed by atoms with van der Waals surface area (Å²) in [4.78, 5) is 6.84. The number of nitrogens with zero attached hydrogens (tertiary/aromatic N) is 2. The lowest BCUT2D eigenvalue weighted by Gasteiger charge is -2.34. The van der Waals surface area contributed by atoms with E-state index in [2.05, 4.69) is 35.1 Å². The first-order valence-electron chi connectivity index (χ1n) is 5.62. The maximum atomic E-state index is 4.33. The van der Waals surface area contributed by atoms with E-state index in [0.717, 1.165) is 31.9 Å². The molecule has 1 unspecified atom stereocenters. The van der Waals surface area contributed by atoms with Crippen molar-refractivity contribution >= 4 is 0 Å². The molecule has 1 aromatic rings. The highest BCUT2D eigenvalue weighted by molar-refractivity contribution is 5.18. The second-order valence-electron chi connectivity index (χ2n) is 4.27. The molecule has 3 heteroatoms. The molecule has 0 amide bonds. The number of pyridine rings is 1. The van der Waals surface area contributed by atoms with Crippen LogP contribution in [0.3, 0.4) is 0 Å². The van der Waals surface area contributed by atoms with Crippen LogP contribution in [0.1, 0.15) is 18.2 Å². The monoisotopic (exact) mass is 205 g/mol. The first kappa shape index (κ1) is 10.6. The molecule has 0 aromatic carbocycles. The SMILES string of the molecule is Cc1ncccc1CN1CCNCC1C. The maximum Gasteiger partial charge on any atom is 0.0417 e. The summed E-state index contributed by atoms with van der Waals surface area (Å²) in [6.07, 6.45) is 1.86. The lowest BCUT2D eigenvalue weighted by atomic mass is 10.1. The summed E-state index contributed by atoms with van der Waals surface area (Å²) in [6.45, 7) is 8.72. The topological polar surface area (TPSA) is 28.2 Å². The van der Waals surface area contributed by atoms with Crippen molar-refractivity contribution in [3.8, 4) is 0 Å². The van der Waals surface area contributed by atoms with Crippen LogP contribution < -0.4 is 5.32 Å². The van der Waals surface area contributed by atoms with Crippen molar-refractivity contribution in [3.63, 3.8) is 0 Å². The average molecular weight is 205 g/mol. The molecule has 82 valence electrons. The van der Waals surface area contributed by atoms with Crippen LogP contribution in [0.2, 0.25) is 0 Å². The molecule has 1 N–H and O–H groups in total. The Morgan fingerprint density at radius 2 is 2.47 bits per heavy atom. The van der Waals surface area contributed by atoms with Crippen LogP contribution in [0.15, 0.2) is 18.3 Å². The number of aromatic nitrogens is 1. The lowest BCUT2D eigenvalue weighted by molar-refractivity contribution is 0.165. The molecule has 1 aromatic heterocycles. The van der Waals surface area contributed by atoms with Gasteiger partial charge in [0.05, 0.1) is 0 Å². The van der Waals surface area contributed by atoms with Crippen LogP contribution in [-0.2, 0) is 6.54 Å². The highest BCUT2D eigenvalue weighted by Crippen LogP contribution is 2.11. The van der Waals surface area contributed by atoms with Crippen molar-refractivity contribution < 1.29 is 0 Å². The van der Waals surface area contributed by atoms with Gasteiger partial charge < -0.3 is 5.32 Å². The molecule has 1 atom stereocenters. The van der Waals surface area contributed by atoms with Crippen molar-refractivity contribution in [1.29, 1.82) is 0 Å². The van der Waals surface area contributed by atoms with Gasteiger partial charge in [0, 0.05) is 44.1 Å². The number of hydrogen-bond acceptors (Lipinski definition) is 3. The van der Waals surface area contributed by atoms with Gasteiger partial charge in [-0.25, -0.2) is 0 Å². The molecule has 1 aliphatic rings. The highest BCUT2D eigenvalue weighted by atomic mass is 15.2. The zero-order chi connectivity index (χ0) is 10.7. The Bertz CT molecular complexity index is 324. The number of rotatable bonds is 2. The van der Waals surface area contributed by atoms with Gasteiger partial charge in [-0.1, -0.05) is 6.07 Å². The second kappa shape index (κ2) is 4.73. The van der Waals surface area contributed by atoms with Crippen LogP contribution in [0.4, 0.5) is 0 Å². The predicted octanol–water partition coefficient (Wildman–Crippen LogP) is 1.18. The van der Waals surface area contributed by atoms with E-state index in [1.807, 2.05) is 12.3 Å². The molecule has 0 saturated carbocycles. The molecule has 0 bridgehead atoms. The van der Waals surface area contributed by atoms with Crippen molar-refractivity contribution in [2.75, 3.05) is 19.6 Å². The van der Waals surface area contributed by atoms with Crippen LogP contribution >= 0.6 is 0 Å². The second-order valence-corrected chi connectivity index (χ2v) is 4.27. The van der Waals surface area contributed by atoms with E-state index in [-0.39, 0.29) is 0 Å². The van der Waals surface area contributed by atoms with Gasteiger partial charge >= 0.3 is 0 Å². The molecule has 0 spiro atoms.